The standard InChI is InChI=1S/C18H19ClN4O/c1-24-14-8-6-12(7-9-14)10-23-17(13-4-2-3-5-13)22-15-16(19)20-11-21-18(15)23/h6-9,11,13H,2-5,10H2,1H3. The molecule has 6 heteroatoms. The van der Waals surface area contributed by atoms with Crippen LogP contribution in [0, 0.1) is 0 Å². The number of benzene rings is 1. The Kier molecular flexibility index (Phi) is 4.10. The highest BCUT2D eigenvalue weighted by molar-refractivity contribution is 6.33. The highest BCUT2D eigenvalue weighted by Gasteiger charge is 2.25. The van der Waals surface area contributed by atoms with Crippen molar-refractivity contribution >= 4 is 22.8 Å². The van der Waals surface area contributed by atoms with Crippen LogP contribution in [0.5, 0.6) is 5.75 Å². The van der Waals surface area contributed by atoms with Gasteiger partial charge in [-0.05, 0) is 30.5 Å². The smallest absolute Gasteiger partial charge is 0.165 e. The van der Waals surface area contributed by atoms with Gasteiger partial charge in [0.05, 0.1) is 13.7 Å². The number of rotatable bonds is 4. The molecule has 2 aromatic heterocycles. The maximum atomic E-state index is 6.25. The van der Waals surface area contributed by atoms with Gasteiger partial charge in [-0.2, -0.15) is 0 Å². The molecule has 1 fully saturated rings. The molecule has 0 atom stereocenters. The van der Waals surface area contributed by atoms with Crippen molar-refractivity contribution in [1.29, 1.82) is 0 Å². The van der Waals surface area contributed by atoms with Gasteiger partial charge in [0.1, 0.15) is 23.4 Å². The van der Waals surface area contributed by atoms with Crippen LogP contribution in [0.25, 0.3) is 11.2 Å². The zero-order valence-corrected chi connectivity index (χ0v) is 14.3. The van der Waals surface area contributed by atoms with Gasteiger partial charge in [-0.15, -0.1) is 0 Å². The lowest BCUT2D eigenvalue weighted by atomic mass is 10.1. The normalized spacial score (nSPS) is 15.2. The Bertz CT molecular complexity index is 853. The molecule has 0 amide bonds. The lowest BCUT2D eigenvalue weighted by Crippen LogP contribution is -2.09. The highest BCUT2D eigenvalue weighted by atomic mass is 35.5. The molecule has 0 bridgehead atoms. The maximum Gasteiger partial charge on any atom is 0.165 e. The minimum Gasteiger partial charge on any atom is -0.497 e. The molecule has 0 saturated heterocycles. The third-order valence-electron chi connectivity index (χ3n) is 4.74. The summed E-state index contributed by atoms with van der Waals surface area (Å²) in [5.74, 6) is 2.42. The van der Waals surface area contributed by atoms with Crippen molar-refractivity contribution < 1.29 is 4.74 Å². The topological polar surface area (TPSA) is 52.8 Å². The van der Waals surface area contributed by atoms with Gasteiger partial charge in [0.25, 0.3) is 0 Å². The third kappa shape index (κ3) is 2.73. The summed E-state index contributed by atoms with van der Waals surface area (Å²) < 4.78 is 7.43. The SMILES string of the molecule is COc1ccc(Cn2c(C3CCCC3)nc3c(Cl)ncnc32)cc1. The number of imidazole rings is 1. The number of hydrogen-bond donors (Lipinski definition) is 0. The molecule has 1 saturated carbocycles. The van der Waals surface area contributed by atoms with Crippen molar-refractivity contribution in [1.82, 2.24) is 19.5 Å². The summed E-state index contributed by atoms with van der Waals surface area (Å²) in [6, 6.07) is 8.11. The van der Waals surface area contributed by atoms with E-state index < -0.39 is 0 Å². The Morgan fingerprint density at radius 3 is 2.62 bits per heavy atom. The van der Waals surface area contributed by atoms with Crippen molar-refractivity contribution in [3.8, 4) is 5.75 Å². The van der Waals surface area contributed by atoms with Crippen LogP contribution in [0.15, 0.2) is 30.6 Å². The molecule has 4 rings (SSSR count). The first-order valence-corrected chi connectivity index (χ1v) is 8.63. The molecule has 0 radical (unpaired) electrons. The molecule has 0 unspecified atom stereocenters. The van der Waals surface area contributed by atoms with Crippen molar-refractivity contribution in [3.63, 3.8) is 0 Å². The van der Waals surface area contributed by atoms with E-state index in [1.807, 2.05) is 12.1 Å². The molecule has 1 aliphatic rings. The van der Waals surface area contributed by atoms with Crippen molar-refractivity contribution in [2.75, 3.05) is 7.11 Å². The van der Waals surface area contributed by atoms with Crippen LogP contribution in [0.1, 0.15) is 43.0 Å². The number of hydrogen-bond acceptors (Lipinski definition) is 4. The van der Waals surface area contributed by atoms with Crippen LogP contribution in [-0.4, -0.2) is 26.6 Å². The fraction of sp³-hybridized carbons (Fsp3) is 0.389. The average Bonchev–Trinajstić information content (AvgIpc) is 3.25. The van der Waals surface area contributed by atoms with Crippen LogP contribution in [0.2, 0.25) is 5.15 Å². The van der Waals surface area contributed by atoms with Crippen LogP contribution in [0.3, 0.4) is 0 Å². The average molecular weight is 343 g/mol. The maximum absolute atomic E-state index is 6.25. The summed E-state index contributed by atoms with van der Waals surface area (Å²) in [5, 5.41) is 0.424. The van der Waals surface area contributed by atoms with Crippen LogP contribution < -0.4 is 4.74 Å². The summed E-state index contributed by atoms with van der Waals surface area (Å²) in [4.78, 5) is 13.3. The van der Waals surface area contributed by atoms with E-state index in [-0.39, 0.29) is 0 Å². The fourth-order valence-corrected chi connectivity index (χ4v) is 3.66. The second-order valence-corrected chi connectivity index (χ2v) is 6.58. The van der Waals surface area contributed by atoms with Gasteiger partial charge in [0.2, 0.25) is 0 Å². The van der Waals surface area contributed by atoms with Gasteiger partial charge in [-0.1, -0.05) is 36.6 Å². The van der Waals surface area contributed by atoms with E-state index in [0.29, 0.717) is 16.6 Å². The summed E-state index contributed by atoms with van der Waals surface area (Å²) in [6.45, 7) is 0.722. The molecular weight excluding hydrogens is 324 g/mol. The number of aromatic nitrogens is 4. The number of ether oxygens (including phenoxy) is 1. The highest BCUT2D eigenvalue weighted by Crippen LogP contribution is 2.36. The minimum atomic E-state index is 0.424. The lowest BCUT2D eigenvalue weighted by molar-refractivity contribution is 0.414. The number of nitrogens with zero attached hydrogens (tertiary/aromatic N) is 4. The molecular formula is C18H19ClN4O. The lowest BCUT2D eigenvalue weighted by Gasteiger charge is -2.13. The first-order valence-electron chi connectivity index (χ1n) is 8.26. The fourth-order valence-electron chi connectivity index (χ4n) is 3.49. The van der Waals surface area contributed by atoms with Gasteiger partial charge in [0.15, 0.2) is 10.8 Å². The summed E-state index contributed by atoms with van der Waals surface area (Å²) in [5.41, 5.74) is 2.70. The van der Waals surface area contributed by atoms with Gasteiger partial charge >= 0.3 is 0 Å². The molecule has 5 nitrogen and oxygen atoms in total. The van der Waals surface area contributed by atoms with Gasteiger partial charge < -0.3 is 9.30 Å². The van der Waals surface area contributed by atoms with E-state index in [9.17, 15) is 0 Å². The molecule has 1 aromatic carbocycles. The molecule has 124 valence electrons. The zero-order valence-electron chi connectivity index (χ0n) is 13.6. The van der Waals surface area contributed by atoms with Gasteiger partial charge in [0, 0.05) is 5.92 Å². The molecule has 0 N–H and O–H groups in total. The third-order valence-corrected chi connectivity index (χ3v) is 5.01. The Balaban J connectivity index is 1.78. The minimum absolute atomic E-state index is 0.424. The Hall–Kier alpha value is -2.14. The predicted octanol–water partition coefficient (Wildman–Crippen LogP) is 4.19. The van der Waals surface area contributed by atoms with Crippen molar-refractivity contribution in [2.45, 2.75) is 38.1 Å². The van der Waals surface area contributed by atoms with E-state index in [1.165, 1.54) is 37.6 Å². The molecule has 2 heterocycles. The largest absolute Gasteiger partial charge is 0.497 e. The molecule has 0 spiro atoms. The van der Waals surface area contributed by atoms with E-state index in [4.69, 9.17) is 21.3 Å². The van der Waals surface area contributed by atoms with Crippen LogP contribution in [-0.2, 0) is 6.54 Å². The van der Waals surface area contributed by atoms with Gasteiger partial charge in [-0.25, -0.2) is 15.0 Å². The van der Waals surface area contributed by atoms with E-state index in [0.717, 1.165) is 23.8 Å². The summed E-state index contributed by atoms with van der Waals surface area (Å²) >= 11 is 6.25. The Morgan fingerprint density at radius 1 is 1.17 bits per heavy atom. The number of methoxy groups -OCH3 is 1. The predicted molar refractivity (Wildman–Crippen MR) is 93.6 cm³/mol. The first kappa shape index (κ1) is 15.4. The van der Waals surface area contributed by atoms with Crippen LogP contribution >= 0.6 is 11.6 Å². The summed E-state index contributed by atoms with van der Waals surface area (Å²) in [6.07, 6.45) is 6.38. The van der Waals surface area contributed by atoms with Crippen molar-refractivity contribution in [3.05, 3.63) is 47.1 Å². The Labute approximate surface area is 145 Å². The molecule has 1 aliphatic carbocycles. The zero-order chi connectivity index (χ0) is 16.5. The van der Waals surface area contributed by atoms with Gasteiger partial charge in [-0.3, -0.25) is 0 Å². The second-order valence-electron chi connectivity index (χ2n) is 6.22. The number of fused-ring (bicyclic) bond motifs is 1. The van der Waals surface area contributed by atoms with Crippen molar-refractivity contribution in [2.24, 2.45) is 0 Å². The van der Waals surface area contributed by atoms with E-state index in [2.05, 4.69) is 26.7 Å². The molecule has 24 heavy (non-hydrogen) atoms. The van der Waals surface area contributed by atoms with E-state index in [1.54, 1.807) is 7.11 Å². The molecule has 3 aromatic rings. The molecule has 0 aliphatic heterocycles. The first-order chi connectivity index (χ1) is 11.8. The monoisotopic (exact) mass is 342 g/mol. The number of halogens is 1. The van der Waals surface area contributed by atoms with Crippen LogP contribution in [0.4, 0.5) is 0 Å². The summed E-state index contributed by atoms with van der Waals surface area (Å²) in [7, 11) is 1.68. The second kappa shape index (κ2) is 6.40. The Morgan fingerprint density at radius 2 is 1.92 bits per heavy atom. The quantitative estimate of drug-likeness (QED) is 0.667. The van der Waals surface area contributed by atoms with E-state index >= 15 is 0 Å².